The highest BCUT2D eigenvalue weighted by atomic mass is 15.1. The van der Waals surface area contributed by atoms with Crippen LogP contribution in [-0.2, 0) is 6.54 Å². The van der Waals surface area contributed by atoms with E-state index in [0.29, 0.717) is 6.04 Å². The van der Waals surface area contributed by atoms with Gasteiger partial charge in [0.2, 0.25) is 0 Å². The highest BCUT2D eigenvalue weighted by Crippen LogP contribution is 2.29. The summed E-state index contributed by atoms with van der Waals surface area (Å²) in [4.78, 5) is 2.42. The Hall–Kier alpha value is -2.28. The Bertz CT molecular complexity index is 652. The molecule has 1 heterocycles. The summed E-state index contributed by atoms with van der Waals surface area (Å²) >= 11 is 0. The molecule has 1 aliphatic heterocycles. The third-order valence-electron chi connectivity index (χ3n) is 4.36. The van der Waals surface area contributed by atoms with Crippen molar-refractivity contribution < 1.29 is 0 Å². The van der Waals surface area contributed by atoms with Gasteiger partial charge in [-0.25, -0.2) is 0 Å². The van der Waals surface area contributed by atoms with Crippen LogP contribution in [-0.4, -0.2) is 10.9 Å². The highest BCUT2D eigenvalue weighted by molar-refractivity contribution is 5.66. The fraction of sp³-hybridized carbons (Fsp3) is 0.238. The van der Waals surface area contributed by atoms with Gasteiger partial charge in [-0.15, -0.1) is 6.58 Å². The van der Waals surface area contributed by atoms with Gasteiger partial charge in [-0.05, 0) is 36.5 Å². The van der Waals surface area contributed by atoms with Gasteiger partial charge in [0.05, 0.1) is 0 Å². The monoisotopic (exact) mass is 289 g/mol. The lowest BCUT2D eigenvalue weighted by Gasteiger charge is -2.34. The van der Waals surface area contributed by atoms with Gasteiger partial charge in [0.1, 0.15) is 0 Å². The van der Waals surface area contributed by atoms with Crippen LogP contribution in [0, 0.1) is 6.92 Å². The number of hydrogen-bond acceptors (Lipinski definition) is 1. The van der Waals surface area contributed by atoms with E-state index >= 15 is 0 Å². The van der Waals surface area contributed by atoms with E-state index in [1.807, 2.05) is 0 Å². The van der Waals surface area contributed by atoms with Crippen LogP contribution in [0.2, 0.25) is 0 Å². The maximum atomic E-state index is 4.02. The number of rotatable bonds is 4. The van der Waals surface area contributed by atoms with Gasteiger partial charge in [-0.2, -0.15) is 0 Å². The molecule has 112 valence electrons. The molecule has 0 fully saturated rings. The zero-order chi connectivity index (χ0) is 15.4. The molecular formula is C21H23N. The third-order valence-corrected chi connectivity index (χ3v) is 4.36. The van der Waals surface area contributed by atoms with E-state index in [1.165, 1.54) is 22.3 Å². The van der Waals surface area contributed by atoms with Crippen molar-refractivity contribution in [3.05, 3.63) is 90.1 Å². The number of allylic oxidation sites excluding steroid dienone is 1. The molecule has 1 heteroatoms. The van der Waals surface area contributed by atoms with E-state index in [-0.39, 0.29) is 0 Å². The number of aryl methyl sites for hydroxylation is 1. The smallest absolute Gasteiger partial charge is 0.0472 e. The van der Waals surface area contributed by atoms with Crippen LogP contribution in [0.4, 0.5) is 0 Å². The summed E-state index contributed by atoms with van der Waals surface area (Å²) in [5.41, 5.74) is 5.41. The maximum Gasteiger partial charge on any atom is 0.0472 e. The fourth-order valence-electron chi connectivity index (χ4n) is 3.02. The largest absolute Gasteiger partial charge is 0.366 e. The van der Waals surface area contributed by atoms with Crippen molar-refractivity contribution in [2.24, 2.45) is 0 Å². The van der Waals surface area contributed by atoms with Gasteiger partial charge in [0, 0.05) is 18.8 Å². The highest BCUT2D eigenvalue weighted by Gasteiger charge is 2.19. The Morgan fingerprint density at radius 3 is 2.50 bits per heavy atom. The molecule has 2 aromatic rings. The Morgan fingerprint density at radius 2 is 1.82 bits per heavy atom. The maximum absolute atomic E-state index is 4.02. The van der Waals surface area contributed by atoms with E-state index in [2.05, 4.69) is 85.3 Å². The summed E-state index contributed by atoms with van der Waals surface area (Å²) in [5, 5.41) is 0. The molecule has 2 aromatic carbocycles. The van der Waals surface area contributed by atoms with Gasteiger partial charge in [0.25, 0.3) is 0 Å². The van der Waals surface area contributed by atoms with Crippen molar-refractivity contribution in [1.82, 2.24) is 4.90 Å². The topological polar surface area (TPSA) is 3.24 Å². The summed E-state index contributed by atoms with van der Waals surface area (Å²) < 4.78 is 0. The number of hydrogen-bond donors (Lipinski definition) is 0. The number of benzene rings is 2. The molecule has 3 rings (SSSR count). The summed E-state index contributed by atoms with van der Waals surface area (Å²) in [6.45, 7) is 7.08. The van der Waals surface area contributed by atoms with E-state index in [1.54, 1.807) is 0 Å². The second kappa shape index (κ2) is 6.65. The van der Waals surface area contributed by atoms with E-state index in [4.69, 9.17) is 0 Å². The predicted molar refractivity (Wildman–Crippen MR) is 94.4 cm³/mol. The Kier molecular flexibility index (Phi) is 4.43. The third kappa shape index (κ3) is 3.30. The Morgan fingerprint density at radius 1 is 1.09 bits per heavy atom. The second-order valence-electron chi connectivity index (χ2n) is 6.02. The molecule has 0 saturated heterocycles. The van der Waals surface area contributed by atoms with E-state index < -0.39 is 0 Å². The van der Waals surface area contributed by atoms with Crippen LogP contribution in [0.3, 0.4) is 0 Å². The van der Waals surface area contributed by atoms with Crippen molar-refractivity contribution in [1.29, 1.82) is 0 Å². The molecule has 22 heavy (non-hydrogen) atoms. The molecule has 0 N–H and O–H groups in total. The average molecular weight is 289 g/mol. The second-order valence-corrected chi connectivity index (χ2v) is 6.02. The molecule has 1 nitrogen and oxygen atoms in total. The zero-order valence-electron chi connectivity index (χ0n) is 13.2. The van der Waals surface area contributed by atoms with Crippen molar-refractivity contribution >= 4 is 5.57 Å². The van der Waals surface area contributed by atoms with Crippen LogP contribution in [0.15, 0.2) is 73.5 Å². The lowest BCUT2D eigenvalue weighted by Crippen LogP contribution is -2.31. The molecule has 0 bridgehead atoms. The van der Waals surface area contributed by atoms with Crippen molar-refractivity contribution in [2.45, 2.75) is 32.4 Å². The molecule has 0 radical (unpaired) electrons. The van der Waals surface area contributed by atoms with E-state index in [9.17, 15) is 0 Å². The van der Waals surface area contributed by atoms with Gasteiger partial charge >= 0.3 is 0 Å². The molecule has 1 aliphatic rings. The van der Waals surface area contributed by atoms with Gasteiger partial charge in [-0.3, -0.25) is 0 Å². The first kappa shape index (κ1) is 14.6. The lowest BCUT2D eigenvalue weighted by atomic mass is 9.94. The standard InChI is InChI=1S/C21H23N/c1-3-21-14-13-20(19-7-5-4-6-8-19)16-22(21)15-18-11-9-17(2)10-12-18/h3-12,16,21H,1,13-15H2,2H3/t21-/m0/s1. The summed E-state index contributed by atoms with van der Waals surface area (Å²) in [5.74, 6) is 0. The molecule has 0 aliphatic carbocycles. The number of nitrogens with zero attached hydrogens (tertiary/aromatic N) is 1. The van der Waals surface area contributed by atoms with Crippen LogP contribution in [0.5, 0.6) is 0 Å². The van der Waals surface area contributed by atoms with Gasteiger partial charge in [-0.1, -0.05) is 66.2 Å². The Labute approximate surface area is 133 Å². The Balaban J connectivity index is 1.85. The minimum Gasteiger partial charge on any atom is -0.366 e. The molecule has 0 unspecified atom stereocenters. The molecule has 0 amide bonds. The first-order chi connectivity index (χ1) is 10.8. The zero-order valence-corrected chi connectivity index (χ0v) is 13.2. The van der Waals surface area contributed by atoms with Crippen LogP contribution in [0.1, 0.15) is 29.5 Å². The van der Waals surface area contributed by atoms with Crippen molar-refractivity contribution in [2.75, 3.05) is 0 Å². The van der Waals surface area contributed by atoms with Crippen LogP contribution < -0.4 is 0 Å². The lowest BCUT2D eigenvalue weighted by molar-refractivity contribution is 0.289. The molecule has 1 atom stereocenters. The molecule has 0 aromatic heterocycles. The van der Waals surface area contributed by atoms with E-state index in [0.717, 1.165) is 19.4 Å². The average Bonchev–Trinajstić information content (AvgIpc) is 2.58. The minimum atomic E-state index is 0.425. The normalized spacial score (nSPS) is 18.0. The first-order valence-electron chi connectivity index (χ1n) is 7.96. The molecule has 0 spiro atoms. The van der Waals surface area contributed by atoms with Crippen molar-refractivity contribution in [3.8, 4) is 0 Å². The summed E-state index contributed by atoms with van der Waals surface area (Å²) in [7, 11) is 0. The first-order valence-corrected chi connectivity index (χ1v) is 7.96. The van der Waals surface area contributed by atoms with Crippen LogP contribution >= 0.6 is 0 Å². The van der Waals surface area contributed by atoms with Crippen LogP contribution in [0.25, 0.3) is 5.57 Å². The molecular weight excluding hydrogens is 266 g/mol. The van der Waals surface area contributed by atoms with Crippen molar-refractivity contribution in [3.63, 3.8) is 0 Å². The minimum absolute atomic E-state index is 0.425. The van der Waals surface area contributed by atoms with Gasteiger partial charge in [0.15, 0.2) is 0 Å². The van der Waals surface area contributed by atoms with Gasteiger partial charge < -0.3 is 4.90 Å². The SMILES string of the molecule is C=C[C@H]1CCC(c2ccccc2)=CN1Cc1ccc(C)cc1. The fourth-order valence-corrected chi connectivity index (χ4v) is 3.02. The summed E-state index contributed by atoms with van der Waals surface area (Å²) in [6, 6.07) is 19.9. The predicted octanol–water partition coefficient (Wildman–Crippen LogP) is 5.19. The summed E-state index contributed by atoms with van der Waals surface area (Å²) in [6.07, 6.45) is 6.65. The molecule has 0 saturated carbocycles. The quantitative estimate of drug-likeness (QED) is 0.700.